The third kappa shape index (κ3) is 5.50. The Hall–Kier alpha value is -6.96. The van der Waals surface area contributed by atoms with E-state index in [0.29, 0.717) is 11.4 Å². The van der Waals surface area contributed by atoms with Crippen molar-refractivity contribution in [3.63, 3.8) is 0 Å². The molecule has 0 aliphatic carbocycles. The number of hydrogen-bond donors (Lipinski definition) is 0. The summed E-state index contributed by atoms with van der Waals surface area (Å²) >= 11 is 0. The van der Waals surface area contributed by atoms with Crippen molar-refractivity contribution < 1.29 is 17.8 Å². The van der Waals surface area contributed by atoms with Crippen LogP contribution in [0.15, 0.2) is 206 Å². The molecular formula is C53H37N. The maximum absolute atomic E-state index is 9.68. The van der Waals surface area contributed by atoms with Gasteiger partial charge >= 0.3 is 0 Å². The molecule has 0 saturated heterocycles. The second-order valence-electron chi connectivity index (χ2n) is 13.2. The van der Waals surface area contributed by atoms with Gasteiger partial charge in [0, 0.05) is 16.8 Å². The highest BCUT2D eigenvalue weighted by Gasteiger charge is 2.18. The van der Waals surface area contributed by atoms with Crippen molar-refractivity contribution in [2.75, 3.05) is 4.90 Å². The summed E-state index contributed by atoms with van der Waals surface area (Å²) in [6.07, 6.45) is 0. The minimum Gasteiger partial charge on any atom is -0.310 e. The van der Waals surface area contributed by atoms with Gasteiger partial charge < -0.3 is 4.90 Å². The highest BCUT2D eigenvalue weighted by Crippen LogP contribution is 2.44. The molecule has 0 N–H and O–H groups in total. The van der Waals surface area contributed by atoms with E-state index in [1.807, 2.05) is 97.1 Å². The van der Waals surface area contributed by atoms with Crippen LogP contribution in [0, 0.1) is 6.92 Å². The van der Waals surface area contributed by atoms with Gasteiger partial charge in [-0.3, -0.25) is 0 Å². The molecule has 0 aliphatic heterocycles. The summed E-state index contributed by atoms with van der Waals surface area (Å²) in [5.74, 6) is 0. The second-order valence-corrected chi connectivity index (χ2v) is 13.2. The van der Waals surface area contributed by atoms with E-state index in [0.717, 1.165) is 59.8 Å². The van der Waals surface area contributed by atoms with Gasteiger partial charge in [-0.2, -0.15) is 0 Å². The number of hydrogen-bond acceptors (Lipinski definition) is 1. The SMILES string of the molecule is [2H]c1c([2H])c([2H])c(-c2c([2H])c([2H])c(-c3c([2H])c([2H])c(N(c4ccc(-c5cc6ccccc6c6c(C)cccc56)cc4)c4cc5ccccc5c5ccccc45)c([2H])c3[2H])c([2H])c2[2H])c([2H])c1[2H]. The van der Waals surface area contributed by atoms with Gasteiger partial charge in [-0.25, -0.2) is 0 Å². The summed E-state index contributed by atoms with van der Waals surface area (Å²) in [7, 11) is 0. The molecule has 0 spiro atoms. The van der Waals surface area contributed by atoms with Crippen LogP contribution in [-0.4, -0.2) is 0 Å². The lowest BCUT2D eigenvalue weighted by Crippen LogP contribution is -2.10. The molecule has 0 radical (unpaired) electrons. The molecule has 254 valence electrons. The van der Waals surface area contributed by atoms with E-state index < -0.39 is 101 Å². The molecule has 0 atom stereocenters. The van der Waals surface area contributed by atoms with Gasteiger partial charge in [-0.1, -0.05) is 170 Å². The Morgan fingerprint density at radius 2 is 0.926 bits per heavy atom. The third-order valence-corrected chi connectivity index (χ3v) is 9.98. The molecule has 0 unspecified atom stereocenters. The number of rotatable bonds is 6. The van der Waals surface area contributed by atoms with Crippen molar-refractivity contribution in [3.8, 4) is 33.4 Å². The van der Waals surface area contributed by atoms with E-state index in [1.165, 1.54) is 0 Å². The summed E-state index contributed by atoms with van der Waals surface area (Å²) < 4.78 is 116. The van der Waals surface area contributed by atoms with E-state index in [9.17, 15) is 5.48 Å². The Morgan fingerprint density at radius 3 is 1.61 bits per heavy atom. The van der Waals surface area contributed by atoms with E-state index in [1.54, 1.807) is 4.90 Å². The quantitative estimate of drug-likeness (QED) is 0.156. The number of fused-ring (bicyclic) bond motifs is 6. The van der Waals surface area contributed by atoms with Crippen LogP contribution in [0.5, 0.6) is 0 Å². The minimum absolute atomic E-state index is 0.121. The lowest BCUT2D eigenvalue weighted by Gasteiger charge is -2.28. The molecule has 0 bridgehead atoms. The molecule has 0 aromatic heterocycles. The Bertz CT molecular complexity index is 3670. The fourth-order valence-electron chi connectivity index (χ4n) is 7.45. The molecular weight excluding hydrogens is 651 g/mol. The smallest absolute Gasteiger partial charge is 0.0645 e. The molecule has 10 rings (SSSR count). The lowest BCUT2D eigenvalue weighted by atomic mass is 9.91. The predicted molar refractivity (Wildman–Crippen MR) is 232 cm³/mol. The topological polar surface area (TPSA) is 3.24 Å². The van der Waals surface area contributed by atoms with Gasteiger partial charge in [0.25, 0.3) is 0 Å². The Balaban J connectivity index is 1.21. The maximum Gasteiger partial charge on any atom is 0.0645 e. The van der Waals surface area contributed by atoms with Gasteiger partial charge in [0.2, 0.25) is 0 Å². The van der Waals surface area contributed by atoms with Crippen molar-refractivity contribution in [1.82, 2.24) is 0 Å². The van der Waals surface area contributed by atoms with Gasteiger partial charge in [0.1, 0.15) is 0 Å². The molecule has 10 aromatic carbocycles. The number of nitrogens with zero attached hydrogens (tertiary/aromatic N) is 1. The monoisotopic (exact) mass is 700 g/mol. The lowest BCUT2D eigenvalue weighted by molar-refractivity contribution is 1.30. The van der Waals surface area contributed by atoms with Crippen LogP contribution in [0.1, 0.15) is 23.4 Å². The summed E-state index contributed by atoms with van der Waals surface area (Å²) in [6, 6.07) is 33.0. The zero-order chi connectivity index (χ0) is 47.3. The molecule has 0 heterocycles. The van der Waals surface area contributed by atoms with E-state index in [-0.39, 0.29) is 5.69 Å². The van der Waals surface area contributed by atoms with Crippen molar-refractivity contribution in [2.24, 2.45) is 0 Å². The van der Waals surface area contributed by atoms with E-state index in [2.05, 4.69) is 37.3 Å². The molecule has 0 saturated carbocycles. The fourth-order valence-corrected chi connectivity index (χ4v) is 7.45. The zero-order valence-electron chi connectivity index (χ0n) is 42.1. The van der Waals surface area contributed by atoms with Crippen molar-refractivity contribution in [1.29, 1.82) is 0 Å². The van der Waals surface area contributed by atoms with Crippen LogP contribution in [0.3, 0.4) is 0 Å². The normalized spacial score (nSPS) is 14.8. The Morgan fingerprint density at radius 1 is 0.389 bits per heavy atom. The van der Waals surface area contributed by atoms with Crippen molar-refractivity contribution in [2.45, 2.75) is 6.92 Å². The summed E-state index contributed by atoms with van der Waals surface area (Å²) in [5.41, 5.74) is 1.94. The van der Waals surface area contributed by atoms with Crippen molar-refractivity contribution >= 4 is 60.2 Å². The van der Waals surface area contributed by atoms with Crippen LogP contribution >= 0.6 is 0 Å². The Labute approximate surface area is 334 Å². The first-order chi connectivity index (χ1) is 32.1. The first-order valence-corrected chi connectivity index (χ1v) is 17.6. The predicted octanol–water partition coefficient (Wildman–Crippen LogP) is 15.1. The summed E-state index contributed by atoms with van der Waals surface area (Å²) in [4.78, 5) is 1.70. The molecule has 0 fully saturated rings. The average molecular weight is 701 g/mol. The second kappa shape index (κ2) is 13.2. The van der Waals surface area contributed by atoms with Crippen LogP contribution in [0.2, 0.25) is 0 Å². The first kappa shape index (κ1) is 20.9. The number of benzene rings is 10. The highest BCUT2D eigenvalue weighted by atomic mass is 15.1. The fraction of sp³-hybridized carbons (Fsp3) is 0.0189. The van der Waals surface area contributed by atoms with E-state index in [4.69, 9.17) is 12.3 Å². The largest absolute Gasteiger partial charge is 0.310 e. The molecule has 1 heteroatoms. The van der Waals surface area contributed by atoms with Crippen molar-refractivity contribution in [3.05, 3.63) is 212 Å². The molecule has 1 nitrogen and oxygen atoms in total. The zero-order valence-corrected chi connectivity index (χ0v) is 29.1. The average Bonchev–Trinajstić information content (AvgIpc) is 3.34. The van der Waals surface area contributed by atoms with Gasteiger partial charge in [-0.15, -0.1) is 0 Å². The summed E-state index contributed by atoms with van der Waals surface area (Å²) in [6.45, 7) is 2.10. The maximum atomic E-state index is 9.68. The van der Waals surface area contributed by atoms with Gasteiger partial charge in [-0.05, 0) is 120 Å². The highest BCUT2D eigenvalue weighted by molar-refractivity contribution is 6.16. The van der Waals surface area contributed by atoms with E-state index >= 15 is 0 Å². The first-order valence-electron chi connectivity index (χ1n) is 24.1. The van der Waals surface area contributed by atoms with Crippen LogP contribution in [-0.2, 0) is 0 Å². The number of anilines is 3. The van der Waals surface area contributed by atoms with Crippen LogP contribution in [0.25, 0.3) is 76.5 Å². The standard InChI is InChI=1S/C53H37N/c1-36-12-11-21-50-51(34-42-15-6-8-18-47(42)53(36)50)41-28-32-45(33-29-41)54(52-35-43-16-5-7-17-46(43)48-19-9-10-20-49(48)52)44-30-26-40(27-31-44)39-24-22-38(23-25-39)37-13-3-2-4-14-37/h2-35H,1H3/i2D,3D,4D,13D,14D,22D,23D,24D,25D,26D,27D,30D,31D. The Kier molecular flexibility index (Phi) is 5.12. The van der Waals surface area contributed by atoms with Crippen LogP contribution in [0.4, 0.5) is 17.1 Å². The number of aryl methyl sites for hydroxylation is 1. The van der Waals surface area contributed by atoms with Gasteiger partial charge in [0.05, 0.1) is 23.5 Å². The van der Waals surface area contributed by atoms with Gasteiger partial charge in [0.15, 0.2) is 0 Å². The molecule has 0 aliphatic rings. The van der Waals surface area contributed by atoms with Crippen LogP contribution < -0.4 is 4.90 Å². The molecule has 0 amide bonds. The molecule has 10 aromatic rings. The summed E-state index contributed by atoms with van der Waals surface area (Å²) in [5, 5.41) is 7.96. The third-order valence-electron chi connectivity index (χ3n) is 9.98. The molecule has 54 heavy (non-hydrogen) atoms. The minimum atomic E-state index is -0.769.